The molecule has 2 rings (SSSR count). The number of hydrogen-bond donors (Lipinski definition) is 2. The van der Waals surface area contributed by atoms with E-state index in [1.165, 1.54) is 36.1 Å². The molecule has 0 spiro atoms. The standard InChI is InChI=1S/C21H22F3N3O3/c1-3-27(12-19(29)25-16-8-6-7-15(11-16)14(2)28)13-20(30)26-18-10-5-4-9-17(18)21(22,23)24/h4-11H,3,12-13H2,1-2H3,(H,25,29)(H,26,30). The van der Waals surface area contributed by atoms with Crippen molar-refractivity contribution in [2.24, 2.45) is 0 Å². The van der Waals surface area contributed by atoms with Crippen LogP contribution in [0.25, 0.3) is 0 Å². The molecule has 0 bridgehead atoms. The number of carbonyl (C=O) groups excluding carboxylic acids is 3. The lowest BCUT2D eigenvalue weighted by Crippen LogP contribution is -2.38. The molecule has 2 aromatic carbocycles. The first-order chi connectivity index (χ1) is 14.1. The zero-order chi connectivity index (χ0) is 22.3. The van der Waals surface area contributed by atoms with Gasteiger partial charge in [0.2, 0.25) is 11.8 Å². The second-order valence-electron chi connectivity index (χ2n) is 6.58. The largest absolute Gasteiger partial charge is 0.418 e. The maximum atomic E-state index is 13.0. The Hall–Kier alpha value is -3.20. The number of para-hydroxylation sites is 1. The van der Waals surface area contributed by atoms with Crippen LogP contribution in [0.15, 0.2) is 48.5 Å². The van der Waals surface area contributed by atoms with Crippen LogP contribution in [0.2, 0.25) is 0 Å². The third kappa shape index (κ3) is 6.70. The summed E-state index contributed by atoms with van der Waals surface area (Å²) in [4.78, 5) is 37.4. The number of likely N-dealkylation sites (N-methyl/N-ethyl adjacent to an activating group) is 1. The van der Waals surface area contributed by atoms with Gasteiger partial charge < -0.3 is 10.6 Å². The molecule has 0 fully saturated rings. The predicted octanol–water partition coefficient (Wildman–Crippen LogP) is 3.81. The Morgan fingerprint density at radius 1 is 0.933 bits per heavy atom. The second kappa shape index (κ2) is 10.0. The number of halogens is 3. The van der Waals surface area contributed by atoms with Crippen molar-refractivity contribution in [1.29, 1.82) is 0 Å². The molecule has 0 unspecified atom stereocenters. The van der Waals surface area contributed by atoms with Crippen LogP contribution in [0.4, 0.5) is 24.5 Å². The number of carbonyl (C=O) groups is 3. The Balaban J connectivity index is 1.97. The topological polar surface area (TPSA) is 78.5 Å². The van der Waals surface area contributed by atoms with E-state index >= 15 is 0 Å². The molecule has 0 aliphatic heterocycles. The second-order valence-corrected chi connectivity index (χ2v) is 6.58. The van der Waals surface area contributed by atoms with Gasteiger partial charge in [0, 0.05) is 11.3 Å². The van der Waals surface area contributed by atoms with Gasteiger partial charge in [0.1, 0.15) is 0 Å². The van der Waals surface area contributed by atoms with E-state index in [4.69, 9.17) is 0 Å². The quantitative estimate of drug-likeness (QED) is 0.636. The molecule has 0 atom stereocenters. The lowest BCUT2D eigenvalue weighted by atomic mass is 10.1. The number of amides is 2. The maximum Gasteiger partial charge on any atom is 0.418 e. The first kappa shape index (κ1) is 23.1. The average molecular weight is 421 g/mol. The van der Waals surface area contributed by atoms with E-state index in [-0.39, 0.29) is 24.6 Å². The molecule has 2 amide bonds. The summed E-state index contributed by atoms with van der Waals surface area (Å²) in [6.07, 6.45) is -4.59. The molecule has 30 heavy (non-hydrogen) atoms. The minimum Gasteiger partial charge on any atom is -0.325 e. The molecule has 0 heterocycles. The van der Waals surface area contributed by atoms with Gasteiger partial charge in [0.05, 0.1) is 24.3 Å². The number of anilines is 2. The molecule has 0 aliphatic rings. The van der Waals surface area contributed by atoms with Crippen molar-refractivity contribution >= 4 is 29.0 Å². The van der Waals surface area contributed by atoms with E-state index in [2.05, 4.69) is 10.6 Å². The van der Waals surface area contributed by atoms with Crippen molar-refractivity contribution in [2.45, 2.75) is 20.0 Å². The van der Waals surface area contributed by atoms with Crippen molar-refractivity contribution in [3.8, 4) is 0 Å². The average Bonchev–Trinajstić information content (AvgIpc) is 2.67. The summed E-state index contributed by atoms with van der Waals surface area (Å²) >= 11 is 0. The van der Waals surface area contributed by atoms with Gasteiger partial charge in [0.15, 0.2) is 5.78 Å². The van der Waals surface area contributed by atoms with Crippen molar-refractivity contribution in [1.82, 2.24) is 4.90 Å². The third-order valence-electron chi connectivity index (χ3n) is 4.24. The van der Waals surface area contributed by atoms with Crippen molar-refractivity contribution < 1.29 is 27.6 Å². The molecule has 2 aromatic rings. The molecule has 6 nitrogen and oxygen atoms in total. The van der Waals surface area contributed by atoms with E-state index < -0.39 is 23.6 Å². The highest BCUT2D eigenvalue weighted by Crippen LogP contribution is 2.34. The van der Waals surface area contributed by atoms with E-state index in [9.17, 15) is 27.6 Å². The Bertz CT molecular complexity index is 929. The van der Waals surface area contributed by atoms with Gasteiger partial charge >= 0.3 is 6.18 Å². The van der Waals surface area contributed by atoms with Gasteiger partial charge in [-0.3, -0.25) is 19.3 Å². The van der Waals surface area contributed by atoms with Crippen molar-refractivity contribution in [2.75, 3.05) is 30.3 Å². The fourth-order valence-electron chi connectivity index (χ4n) is 2.73. The number of alkyl halides is 3. The lowest BCUT2D eigenvalue weighted by molar-refractivity contribution is -0.137. The van der Waals surface area contributed by atoms with Gasteiger partial charge in [-0.1, -0.05) is 31.2 Å². The molecule has 0 saturated carbocycles. The molecular formula is C21H22F3N3O3. The summed E-state index contributed by atoms with van der Waals surface area (Å²) in [5.74, 6) is -1.22. The van der Waals surface area contributed by atoms with Crippen LogP contribution in [-0.4, -0.2) is 42.1 Å². The zero-order valence-corrected chi connectivity index (χ0v) is 16.5. The highest BCUT2D eigenvalue weighted by atomic mass is 19.4. The number of ketones is 1. The van der Waals surface area contributed by atoms with Gasteiger partial charge in [-0.05, 0) is 37.7 Å². The molecule has 2 N–H and O–H groups in total. The Morgan fingerprint density at radius 2 is 1.57 bits per heavy atom. The first-order valence-electron chi connectivity index (χ1n) is 9.19. The molecule has 0 aromatic heterocycles. The van der Waals surface area contributed by atoms with Crippen LogP contribution >= 0.6 is 0 Å². The Kier molecular flexibility index (Phi) is 7.71. The Morgan fingerprint density at radius 3 is 2.17 bits per heavy atom. The van der Waals surface area contributed by atoms with Gasteiger partial charge in [-0.2, -0.15) is 13.2 Å². The minimum absolute atomic E-state index is 0.142. The minimum atomic E-state index is -4.59. The fraction of sp³-hybridized carbons (Fsp3) is 0.286. The highest BCUT2D eigenvalue weighted by Gasteiger charge is 2.33. The van der Waals surface area contributed by atoms with Crippen LogP contribution in [0.3, 0.4) is 0 Å². The number of benzene rings is 2. The molecular weight excluding hydrogens is 399 g/mol. The van der Waals surface area contributed by atoms with E-state index in [1.807, 2.05) is 0 Å². The summed E-state index contributed by atoms with van der Waals surface area (Å²) in [6.45, 7) is 3.06. The van der Waals surface area contributed by atoms with Crippen molar-refractivity contribution in [3.05, 3.63) is 59.7 Å². The first-order valence-corrected chi connectivity index (χ1v) is 9.19. The maximum absolute atomic E-state index is 13.0. The SMILES string of the molecule is CCN(CC(=O)Nc1cccc(C(C)=O)c1)CC(=O)Nc1ccccc1C(F)(F)F. The summed E-state index contributed by atoms with van der Waals surface area (Å²) in [6, 6.07) is 11.1. The Labute approximate surface area is 172 Å². The number of hydrogen-bond acceptors (Lipinski definition) is 4. The summed E-state index contributed by atoms with van der Waals surface area (Å²) in [5.41, 5.74) is -0.392. The van der Waals surface area contributed by atoms with Crippen LogP contribution in [0, 0.1) is 0 Å². The van der Waals surface area contributed by atoms with E-state index in [1.54, 1.807) is 25.1 Å². The number of nitrogens with one attached hydrogen (secondary N) is 2. The molecule has 0 saturated heterocycles. The van der Waals surface area contributed by atoms with Crippen LogP contribution in [0.5, 0.6) is 0 Å². The van der Waals surface area contributed by atoms with Crippen LogP contribution in [0.1, 0.15) is 29.8 Å². The normalized spacial score (nSPS) is 11.3. The van der Waals surface area contributed by atoms with E-state index in [0.717, 1.165) is 6.07 Å². The number of rotatable bonds is 8. The molecule has 0 radical (unpaired) electrons. The number of Topliss-reactive ketones (excluding diaryl/α,β-unsaturated/α-hetero) is 1. The molecule has 9 heteroatoms. The van der Waals surface area contributed by atoms with Crippen LogP contribution in [-0.2, 0) is 15.8 Å². The predicted molar refractivity (Wildman–Crippen MR) is 107 cm³/mol. The smallest absolute Gasteiger partial charge is 0.325 e. The summed E-state index contributed by atoms with van der Waals surface area (Å²) in [5, 5.41) is 4.90. The van der Waals surface area contributed by atoms with Gasteiger partial charge in [-0.15, -0.1) is 0 Å². The van der Waals surface area contributed by atoms with Crippen LogP contribution < -0.4 is 10.6 Å². The molecule has 160 valence electrons. The fourth-order valence-corrected chi connectivity index (χ4v) is 2.73. The number of nitrogens with zero attached hydrogens (tertiary/aromatic N) is 1. The van der Waals surface area contributed by atoms with Crippen molar-refractivity contribution in [3.63, 3.8) is 0 Å². The van der Waals surface area contributed by atoms with Gasteiger partial charge in [0.25, 0.3) is 0 Å². The summed E-state index contributed by atoms with van der Waals surface area (Å²) in [7, 11) is 0. The lowest BCUT2D eigenvalue weighted by Gasteiger charge is -2.20. The monoisotopic (exact) mass is 421 g/mol. The molecule has 0 aliphatic carbocycles. The summed E-state index contributed by atoms with van der Waals surface area (Å²) < 4.78 is 39.1. The highest BCUT2D eigenvalue weighted by molar-refractivity contribution is 5.98. The zero-order valence-electron chi connectivity index (χ0n) is 16.5. The van der Waals surface area contributed by atoms with E-state index in [0.29, 0.717) is 17.8 Å². The van der Waals surface area contributed by atoms with Gasteiger partial charge in [-0.25, -0.2) is 0 Å². The third-order valence-corrected chi connectivity index (χ3v) is 4.24.